The van der Waals surface area contributed by atoms with Crippen molar-refractivity contribution in [2.24, 2.45) is 0 Å². The second kappa shape index (κ2) is 9.02. The molecule has 7 heteroatoms. The van der Waals surface area contributed by atoms with Gasteiger partial charge in [-0.2, -0.15) is 0 Å². The molecule has 1 aliphatic heterocycles. The van der Waals surface area contributed by atoms with Gasteiger partial charge in [0.25, 0.3) is 11.1 Å². The highest BCUT2D eigenvalue weighted by atomic mass is 32.2. The first-order valence-electron chi connectivity index (χ1n) is 9.64. The summed E-state index contributed by atoms with van der Waals surface area (Å²) in [5.74, 6) is 3.54. The van der Waals surface area contributed by atoms with E-state index in [0.29, 0.717) is 18.1 Å². The highest BCUT2D eigenvalue weighted by Crippen LogP contribution is 2.34. The lowest BCUT2D eigenvalue weighted by Crippen LogP contribution is -2.28. The smallest absolute Gasteiger partial charge is 0.294 e. The van der Waals surface area contributed by atoms with Crippen LogP contribution >= 0.6 is 11.8 Å². The number of imide groups is 1. The Hall–Kier alpha value is -3.63. The number of ether oxygens (including phenoxy) is 2. The lowest BCUT2D eigenvalue weighted by molar-refractivity contribution is -0.122. The van der Waals surface area contributed by atoms with E-state index in [0.717, 1.165) is 44.6 Å². The summed E-state index contributed by atoms with van der Waals surface area (Å²) >= 11 is 0.911. The predicted molar refractivity (Wildman–Crippen MR) is 122 cm³/mol. The number of carbonyl (C=O) groups excluding carboxylic acids is 2. The van der Waals surface area contributed by atoms with Gasteiger partial charge in [0.05, 0.1) is 25.1 Å². The van der Waals surface area contributed by atoms with Gasteiger partial charge in [0, 0.05) is 22.7 Å². The van der Waals surface area contributed by atoms with Gasteiger partial charge in [0.1, 0.15) is 18.1 Å². The van der Waals surface area contributed by atoms with E-state index in [1.807, 2.05) is 54.7 Å². The van der Waals surface area contributed by atoms with Gasteiger partial charge in [-0.15, -0.1) is 6.42 Å². The van der Waals surface area contributed by atoms with Crippen molar-refractivity contribution in [1.29, 1.82) is 0 Å². The molecule has 2 amide bonds. The fourth-order valence-electron chi connectivity index (χ4n) is 3.38. The van der Waals surface area contributed by atoms with Gasteiger partial charge in [-0.3, -0.25) is 14.5 Å². The number of carbonyl (C=O) groups is 2. The summed E-state index contributed by atoms with van der Waals surface area (Å²) in [5.41, 5.74) is 1.89. The zero-order chi connectivity index (χ0) is 21.8. The van der Waals surface area contributed by atoms with E-state index in [-0.39, 0.29) is 17.7 Å². The van der Waals surface area contributed by atoms with Crippen molar-refractivity contribution in [1.82, 2.24) is 9.47 Å². The second-order valence-corrected chi connectivity index (χ2v) is 7.78. The number of benzene rings is 2. The maximum Gasteiger partial charge on any atom is 0.294 e. The molecule has 31 heavy (non-hydrogen) atoms. The van der Waals surface area contributed by atoms with Crippen molar-refractivity contribution in [3.05, 3.63) is 65.2 Å². The lowest BCUT2D eigenvalue weighted by atomic mass is 10.1. The van der Waals surface area contributed by atoms with Gasteiger partial charge >= 0.3 is 0 Å². The number of methoxy groups -OCH3 is 1. The Balaban J connectivity index is 1.54. The standard InChI is InChI=1S/C24H20N2O4S/c1-3-12-26-23(27)22(31-24(26)28)15-17-16-25(21-7-5-4-6-20(17)21)13-14-30-19-10-8-18(29-2)9-11-19/h1,4-11,15-16H,12-14H2,2H3/b22-15-. The summed E-state index contributed by atoms with van der Waals surface area (Å²) in [5, 5.41) is 0.654. The quantitative estimate of drug-likeness (QED) is 0.409. The van der Waals surface area contributed by atoms with E-state index in [9.17, 15) is 9.59 Å². The average Bonchev–Trinajstić information content (AvgIpc) is 3.27. The molecular formula is C24H20N2O4S. The average molecular weight is 433 g/mol. The van der Waals surface area contributed by atoms with Crippen molar-refractivity contribution in [3.63, 3.8) is 0 Å². The molecule has 0 radical (unpaired) electrons. The molecule has 2 heterocycles. The van der Waals surface area contributed by atoms with Gasteiger partial charge in [-0.1, -0.05) is 24.1 Å². The highest BCUT2D eigenvalue weighted by molar-refractivity contribution is 8.18. The van der Waals surface area contributed by atoms with Crippen LogP contribution in [0.2, 0.25) is 0 Å². The van der Waals surface area contributed by atoms with Crippen molar-refractivity contribution >= 4 is 39.9 Å². The van der Waals surface area contributed by atoms with Crippen molar-refractivity contribution in [2.45, 2.75) is 6.54 Å². The van der Waals surface area contributed by atoms with Crippen LogP contribution in [0.3, 0.4) is 0 Å². The normalized spacial score (nSPS) is 15.0. The third-order valence-electron chi connectivity index (χ3n) is 4.89. The summed E-state index contributed by atoms with van der Waals surface area (Å²) in [6.45, 7) is 1.08. The fourth-order valence-corrected chi connectivity index (χ4v) is 4.21. The molecular weight excluding hydrogens is 412 g/mol. The third kappa shape index (κ3) is 4.30. The monoisotopic (exact) mass is 432 g/mol. The van der Waals surface area contributed by atoms with Crippen LogP contribution in [0.25, 0.3) is 17.0 Å². The van der Waals surface area contributed by atoms with Crippen LogP contribution in [0.1, 0.15) is 5.56 Å². The molecule has 6 nitrogen and oxygen atoms in total. The largest absolute Gasteiger partial charge is 0.497 e. The molecule has 0 N–H and O–H groups in total. The number of aromatic nitrogens is 1. The number of thioether (sulfide) groups is 1. The third-order valence-corrected chi connectivity index (χ3v) is 5.80. The number of hydrogen-bond donors (Lipinski definition) is 0. The van der Waals surface area contributed by atoms with Crippen LogP contribution in [-0.4, -0.2) is 40.9 Å². The molecule has 1 saturated heterocycles. The molecule has 0 saturated carbocycles. The Morgan fingerprint density at radius 3 is 2.58 bits per heavy atom. The van der Waals surface area contributed by atoms with Crippen LogP contribution < -0.4 is 9.47 Å². The van der Waals surface area contributed by atoms with Crippen LogP contribution in [0.4, 0.5) is 4.79 Å². The number of terminal acetylenes is 1. The summed E-state index contributed by atoms with van der Waals surface area (Å²) < 4.78 is 13.1. The number of para-hydroxylation sites is 1. The first-order chi connectivity index (χ1) is 15.1. The molecule has 0 aliphatic carbocycles. The van der Waals surface area contributed by atoms with Crippen molar-refractivity contribution in [2.75, 3.05) is 20.3 Å². The number of rotatable bonds is 7. The second-order valence-electron chi connectivity index (χ2n) is 6.79. The molecule has 156 valence electrons. The maximum atomic E-state index is 12.5. The molecule has 0 unspecified atom stereocenters. The van der Waals surface area contributed by atoms with Gasteiger partial charge in [0.15, 0.2) is 0 Å². The summed E-state index contributed by atoms with van der Waals surface area (Å²) in [4.78, 5) is 26.0. The van der Waals surface area contributed by atoms with Crippen LogP contribution in [0.5, 0.6) is 11.5 Å². The van der Waals surface area contributed by atoms with Crippen LogP contribution in [0, 0.1) is 12.3 Å². The Labute approximate surface area is 184 Å². The number of fused-ring (bicyclic) bond motifs is 1. The minimum Gasteiger partial charge on any atom is -0.497 e. The molecule has 0 bridgehead atoms. The molecule has 1 aliphatic rings. The minimum atomic E-state index is -0.354. The zero-order valence-electron chi connectivity index (χ0n) is 16.9. The van der Waals surface area contributed by atoms with Gasteiger partial charge in [0.2, 0.25) is 0 Å². The number of amides is 2. The Bertz CT molecular complexity index is 1200. The van der Waals surface area contributed by atoms with Crippen LogP contribution in [-0.2, 0) is 11.3 Å². The summed E-state index contributed by atoms with van der Waals surface area (Å²) in [7, 11) is 1.63. The van der Waals surface area contributed by atoms with E-state index in [4.69, 9.17) is 15.9 Å². The fraction of sp³-hybridized carbons (Fsp3) is 0.167. The maximum absolute atomic E-state index is 12.5. The van der Waals surface area contributed by atoms with E-state index >= 15 is 0 Å². The molecule has 4 rings (SSSR count). The van der Waals surface area contributed by atoms with Crippen LogP contribution in [0.15, 0.2) is 59.6 Å². The van der Waals surface area contributed by atoms with E-state index < -0.39 is 0 Å². The van der Waals surface area contributed by atoms with Gasteiger partial charge in [-0.25, -0.2) is 0 Å². The van der Waals surface area contributed by atoms with E-state index in [1.165, 1.54) is 0 Å². The molecule has 1 fully saturated rings. The first kappa shape index (κ1) is 20.6. The van der Waals surface area contributed by atoms with Gasteiger partial charge in [-0.05, 0) is 48.2 Å². The lowest BCUT2D eigenvalue weighted by Gasteiger charge is -2.09. The Morgan fingerprint density at radius 2 is 1.84 bits per heavy atom. The summed E-state index contributed by atoms with van der Waals surface area (Å²) in [6.07, 6.45) is 8.99. The SMILES string of the molecule is C#CCN1C(=O)S/C(=C\c2cn(CCOc3ccc(OC)cc3)c3ccccc23)C1=O. The van der Waals surface area contributed by atoms with Gasteiger partial charge < -0.3 is 14.0 Å². The molecule has 2 aromatic carbocycles. The minimum absolute atomic E-state index is 0.0214. The molecule has 3 aromatic rings. The van der Waals surface area contributed by atoms with Crippen molar-refractivity contribution in [3.8, 4) is 23.8 Å². The molecule has 0 atom stereocenters. The van der Waals surface area contributed by atoms with Crippen molar-refractivity contribution < 1.29 is 19.1 Å². The molecule has 1 aromatic heterocycles. The van der Waals surface area contributed by atoms with E-state index in [2.05, 4.69) is 10.5 Å². The Kier molecular flexibility index (Phi) is 6.01. The predicted octanol–water partition coefficient (Wildman–Crippen LogP) is 4.40. The number of hydrogen-bond acceptors (Lipinski definition) is 5. The first-order valence-corrected chi connectivity index (χ1v) is 10.5. The topological polar surface area (TPSA) is 60.8 Å². The molecule has 0 spiro atoms. The zero-order valence-corrected chi connectivity index (χ0v) is 17.7. The Morgan fingerprint density at radius 1 is 1.10 bits per heavy atom. The summed E-state index contributed by atoms with van der Waals surface area (Å²) in [6, 6.07) is 15.4. The van der Waals surface area contributed by atoms with E-state index in [1.54, 1.807) is 13.2 Å². The highest BCUT2D eigenvalue weighted by Gasteiger charge is 2.34. The number of nitrogens with zero attached hydrogens (tertiary/aromatic N) is 2.